The molecule has 0 aromatic carbocycles. The third-order valence-electron chi connectivity index (χ3n) is 3.27. The summed E-state index contributed by atoms with van der Waals surface area (Å²) in [6, 6.07) is 1.88. The van der Waals surface area contributed by atoms with Gasteiger partial charge in [-0.3, -0.25) is 4.79 Å². The number of rotatable bonds is 4. The lowest BCUT2D eigenvalue weighted by Crippen LogP contribution is -2.14. The highest BCUT2D eigenvalue weighted by Gasteiger charge is 2.29. The molecule has 2 aromatic heterocycles. The fourth-order valence-corrected chi connectivity index (χ4v) is 2.48. The first-order valence-corrected chi connectivity index (χ1v) is 7.47. The van der Waals surface area contributed by atoms with E-state index in [-0.39, 0.29) is 11.8 Å². The summed E-state index contributed by atoms with van der Waals surface area (Å²) >= 11 is 3.49. The maximum Gasteiger partial charge on any atom is 0.228 e. The predicted octanol–water partition coefficient (Wildman–Crippen LogP) is 3.17. The monoisotopic (exact) mass is 334 g/mol. The van der Waals surface area contributed by atoms with Gasteiger partial charge in [-0.25, -0.2) is 9.97 Å². The van der Waals surface area contributed by atoms with Gasteiger partial charge < -0.3 is 10.6 Å². The molecule has 0 bridgehead atoms. The Hall–Kier alpha value is -1.69. The number of amides is 1. The molecule has 6 heteroatoms. The Bertz CT molecular complexity index is 670. The minimum Gasteiger partial charge on any atom is -0.370 e. The predicted molar refractivity (Wildman–Crippen MR) is 82.8 cm³/mol. The average molecular weight is 335 g/mol. The summed E-state index contributed by atoms with van der Waals surface area (Å²) in [6.45, 7) is 2.82. The highest BCUT2D eigenvalue weighted by molar-refractivity contribution is 9.10. The van der Waals surface area contributed by atoms with Gasteiger partial charge in [0.25, 0.3) is 0 Å². The largest absolute Gasteiger partial charge is 0.370 e. The van der Waals surface area contributed by atoms with E-state index < -0.39 is 0 Å². The highest BCUT2D eigenvalue weighted by Crippen LogP contribution is 2.32. The Morgan fingerprint density at radius 1 is 1.35 bits per heavy atom. The second-order valence-electron chi connectivity index (χ2n) is 4.86. The van der Waals surface area contributed by atoms with E-state index in [1.165, 1.54) is 0 Å². The Morgan fingerprint density at radius 3 is 2.85 bits per heavy atom. The molecule has 1 fully saturated rings. The van der Waals surface area contributed by atoms with Crippen molar-refractivity contribution in [1.29, 1.82) is 0 Å². The minimum atomic E-state index is 0.0638. The number of carbonyl (C=O) groups excluding carboxylic acids is 1. The fourth-order valence-electron chi connectivity index (χ4n) is 2.05. The number of carbonyl (C=O) groups is 1. The van der Waals surface area contributed by atoms with Gasteiger partial charge in [0.15, 0.2) is 0 Å². The number of aromatic nitrogens is 2. The quantitative estimate of drug-likeness (QED) is 0.901. The molecule has 2 N–H and O–H groups in total. The molecule has 1 aliphatic carbocycles. The van der Waals surface area contributed by atoms with Gasteiger partial charge in [-0.15, -0.1) is 0 Å². The normalized spacial score (nSPS) is 14.3. The van der Waals surface area contributed by atoms with Crippen LogP contribution in [-0.2, 0) is 4.79 Å². The number of nitrogens with one attached hydrogen (secondary N) is 2. The number of fused-ring (bicyclic) bond motifs is 1. The number of anilines is 2. The van der Waals surface area contributed by atoms with Crippen LogP contribution in [0.2, 0.25) is 0 Å². The van der Waals surface area contributed by atoms with E-state index in [2.05, 4.69) is 36.5 Å². The topological polar surface area (TPSA) is 66.9 Å². The van der Waals surface area contributed by atoms with Gasteiger partial charge in [0.1, 0.15) is 11.6 Å². The van der Waals surface area contributed by atoms with Crippen LogP contribution in [-0.4, -0.2) is 22.4 Å². The Morgan fingerprint density at radius 2 is 2.15 bits per heavy atom. The van der Waals surface area contributed by atoms with Gasteiger partial charge in [-0.2, -0.15) is 0 Å². The van der Waals surface area contributed by atoms with Crippen molar-refractivity contribution in [1.82, 2.24) is 9.97 Å². The lowest BCUT2D eigenvalue weighted by molar-refractivity contribution is -0.117. The van der Waals surface area contributed by atoms with Crippen molar-refractivity contribution in [3.8, 4) is 0 Å². The molecule has 1 amide bonds. The molecule has 1 aliphatic rings. The van der Waals surface area contributed by atoms with E-state index in [1.54, 1.807) is 12.4 Å². The fraction of sp³-hybridized carbons (Fsp3) is 0.357. The van der Waals surface area contributed by atoms with Gasteiger partial charge in [-0.1, -0.05) is 0 Å². The molecule has 3 rings (SSSR count). The van der Waals surface area contributed by atoms with Gasteiger partial charge in [-0.05, 0) is 41.8 Å². The first-order valence-electron chi connectivity index (χ1n) is 6.68. The van der Waals surface area contributed by atoms with Crippen molar-refractivity contribution in [2.24, 2.45) is 5.92 Å². The van der Waals surface area contributed by atoms with E-state index in [4.69, 9.17) is 0 Å². The molecule has 2 aromatic rings. The SMILES string of the molecule is CCNc1ncc(Br)c2cc(NC(=O)C3CC3)ncc12. The Balaban J connectivity index is 1.97. The molecule has 104 valence electrons. The summed E-state index contributed by atoms with van der Waals surface area (Å²) in [6.07, 6.45) is 5.47. The molecule has 1 saturated carbocycles. The molecular formula is C14H15BrN4O. The third-order valence-corrected chi connectivity index (χ3v) is 3.90. The first-order chi connectivity index (χ1) is 9.69. The van der Waals surface area contributed by atoms with E-state index in [9.17, 15) is 4.79 Å². The van der Waals surface area contributed by atoms with Crippen LogP contribution in [0.15, 0.2) is 22.9 Å². The molecule has 2 heterocycles. The smallest absolute Gasteiger partial charge is 0.228 e. The second kappa shape index (κ2) is 5.36. The lowest BCUT2D eigenvalue weighted by Gasteiger charge is -2.10. The van der Waals surface area contributed by atoms with Crippen LogP contribution in [0.5, 0.6) is 0 Å². The second-order valence-corrected chi connectivity index (χ2v) is 5.72. The van der Waals surface area contributed by atoms with Crippen LogP contribution >= 0.6 is 15.9 Å². The number of pyridine rings is 2. The molecule has 0 saturated heterocycles. The summed E-state index contributed by atoms with van der Waals surface area (Å²) in [5.41, 5.74) is 0. The van der Waals surface area contributed by atoms with Crippen molar-refractivity contribution in [3.05, 3.63) is 22.9 Å². The summed E-state index contributed by atoms with van der Waals surface area (Å²) < 4.78 is 0.887. The standard InChI is InChI=1S/C14H15BrN4O/c1-2-16-13-10-6-17-12(19-14(20)8-3-4-8)5-9(10)11(15)7-18-13/h5-8H,2-4H2,1H3,(H,16,18)(H,17,19,20). The highest BCUT2D eigenvalue weighted by atomic mass is 79.9. The average Bonchev–Trinajstić information content (AvgIpc) is 3.27. The van der Waals surface area contributed by atoms with Crippen molar-refractivity contribution in [2.75, 3.05) is 17.2 Å². The summed E-state index contributed by atoms with van der Waals surface area (Å²) in [7, 11) is 0. The number of hydrogen-bond donors (Lipinski definition) is 2. The van der Waals surface area contributed by atoms with E-state index in [1.807, 2.05) is 13.0 Å². The maximum atomic E-state index is 11.8. The first kappa shape index (κ1) is 13.3. The summed E-state index contributed by atoms with van der Waals surface area (Å²) in [5.74, 6) is 1.63. The molecular weight excluding hydrogens is 320 g/mol. The zero-order valence-corrected chi connectivity index (χ0v) is 12.7. The van der Waals surface area contributed by atoms with Gasteiger partial charge in [0, 0.05) is 40.1 Å². The van der Waals surface area contributed by atoms with Crippen LogP contribution in [0.4, 0.5) is 11.6 Å². The van der Waals surface area contributed by atoms with Gasteiger partial charge in [0.2, 0.25) is 5.91 Å². The maximum absolute atomic E-state index is 11.8. The molecule has 0 atom stereocenters. The summed E-state index contributed by atoms with van der Waals surface area (Å²) in [5, 5.41) is 7.99. The van der Waals surface area contributed by atoms with Crippen molar-refractivity contribution in [3.63, 3.8) is 0 Å². The van der Waals surface area contributed by atoms with Crippen molar-refractivity contribution in [2.45, 2.75) is 19.8 Å². The Labute approximate surface area is 125 Å². The van der Waals surface area contributed by atoms with E-state index in [0.717, 1.165) is 40.4 Å². The van der Waals surface area contributed by atoms with Crippen molar-refractivity contribution < 1.29 is 4.79 Å². The van der Waals surface area contributed by atoms with Crippen LogP contribution in [0.3, 0.4) is 0 Å². The number of halogens is 1. The van der Waals surface area contributed by atoms with Gasteiger partial charge >= 0.3 is 0 Å². The molecule has 0 unspecified atom stereocenters. The zero-order valence-electron chi connectivity index (χ0n) is 11.1. The van der Waals surface area contributed by atoms with Crippen molar-refractivity contribution >= 4 is 44.2 Å². The molecule has 5 nitrogen and oxygen atoms in total. The molecule has 0 spiro atoms. The zero-order chi connectivity index (χ0) is 14.1. The third kappa shape index (κ3) is 2.60. The minimum absolute atomic E-state index is 0.0638. The lowest BCUT2D eigenvalue weighted by atomic mass is 10.2. The molecule has 0 aliphatic heterocycles. The van der Waals surface area contributed by atoms with Gasteiger partial charge in [0.05, 0.1) is 0 Å². The van der Waals surface area contributed by atoms with Crippen LogP contribution in [0.1, 0.15) is 19.8 Å². The Kier molecular flexibility index (Phi) is 3.56. The van der Waals surface area contributed by atoms with Crippen LogP contribution in [0, 0.1) is 5.92 Å². The van der Waals surface area contributed by atoms with Crippen LogP contribution < -0.4 is 10.6 Å². The molecule has 20 heavy (non-hydrogen) atoms. The number of hydrogen-bond acceptors (Lipinski definition) is 4. The van der Waals surface area contributed by atoms with E-state index in [0.29, 0.717) is 5.82 Å². The van der Waals surface area contributed by atoms with E-state index >= 15 is 0 Å². The molecule has 0 radical (unpaired) electrons. The van der Waals surface area contributed by atoms with Crippen LogP contribution in [0.25, 0.3) is 10.8 Å². The summed E-state index contributed by atoms with van der Waals surface area (Å²) in [4.78, 5) is 20.4. The number of nitrogens with zero attached hydrogens (tertiary/aromatic N) is 2.